The van der Waals surface area contributed by atoms with Crippen LogP contribution >= 0.6 is 0 Å². The van der Waals surface area contributed by atoms with Crippen LogP contribution in [-0.4, -0.2) is 33.0 Å². The van der Waals surface area contributed by atoms with E-state index in [0.717, 1.165) is 0 Å². The molecule has 4 N–H and O–H groups in total. The Morgan fingerprint density at radius 2 is 0.917 bits per heavy atom. The van der Waals surface area contributed by atoms with Gasteiger partial charge >= 0.3 is 0 Å². The van der Waals surface area contributed by atoms with Crippen LogP contribution in [0.15, 0.2) is 36.5 Å². The summed E-state index contributed by atoms with van der Waals surface area (Å²) in [5, 5.41) is 33.3. The van der Waals surface area contributed by atoms with Gasteiger partial charge in [-0.05, 0) is 12.2 Å². The van der Waals surface area contributed by atoms with Crippen molar-refractivity contribution < 1.29 is 20.4 Å². The molecule has 0 fully saturated rings. The summed E-state index contributed by atoms with van der Waals surface area (Å²) >= 11 is 0. The number of rotatable bonds is 4. The molecule has 0 saturated heterocycles. The van der Waals surface area contributed by atoms with E-state index in [1.165, 1.54) is 36.5 Å². The maximum Gasteiger partial charge on any atom is 0.171 e. The van der Waals surface area contributed by atoms with E-state index in [4.69, 9.17) is 20.4 Å². The van der Waals surface area contributed by atoms with Crippen LogP contribution < -0.4 is 0 Å². The lowest BCUT2D eigenvalue weighted by Crippen LogP contribution is -1.96. The van der Waals surface area contributed by atoms with E-state index in [2.05, 4.69) is 0 Å². The second-order valence-electron chi connectivity index (χ2n) is 1.98. The second kappa shape index (κ2) is 6.75. The number of allylic oxidation sites excluding steroid dienone is 4. The highest BCUT2D eigenvalue weighted by Crippen LogP contribution is 1.84. The fourth-order valence-electron chi connectivity index (χ4n) is 0.455. The maximum absolute atomic E-state index is 8.33. The molecular formula is C8H12O4. The normalized spacial score (nSPS) is 13.5. The van der Waals surface area contributed by atoms with Crippen molar-refractivity contribution in [1.82, 2.24) is 0 Å². The zero-order chi connectivity index (χ0) is 9.40. The topological polar surface area (TPSA) is 80.9 Å². The summed E-state index contributed by atoms with van der Waals surface area (Å²) in [6, 6.07) is 0. The van der Waals surface area contributed by atoms with Gasteiger partial charge in [0, 0.05) is 0 Å². The van der Waals surface area contributed by atoms with Gasteiger partial charge in [0.15, 0.2) is 12.6 Å². The van der Waals surface area contributed by atoms with Gasteiger partial charge in [0.2, 0.25) is 0 Å². The quantitative estimate of drug-likeness (QED) is 0.333. The Labute approximate surface area is 70.4 Å². The fourth-order valence-corrected chi connectivity index (χ4v) is 0.455. The summed E-state index contributed by atoms with van der Waals surface area (Å²) in [4.78, 5) is 0. The Kier molecular flexibility index (Phi) is 6.22. The maximum atomic E-state index is 8.33. The van der Waals surface area contributed by atoms with E-state index in [-0.39, 0.29) is 0 Å². The molecule has 4 heteroatoms. The molecule has 0 atom stereocenters. The molecule has 12 heavy (non-hydrogen) atoms. The minimum atomic E-state index is -1.46. The summed E-state index contributed by atoms with van der Waals surface area (Å²) < 4.78 is 0. The highest BCUT2D eigenvalue weighted by molar-refractivity contribution is 5.11. The van der Waals surface area contributed by atoms with Crippen LogP contribution in [0.2, 0.25) is 0 Å². The molecular weight excluding hydrogens is 160 g/mol. The smallest absolute Gasteiger partial charge is 0.171 e. The summed E-state index contributed by atoms with van der Waals surface area (Å²) in [5.74, 6) is 0. The predicted molar refractivity (Wildman–Crippen MR) is 43.9 cm³/mol. The van der Waals surface area contributed by atoms with Crippen LogP contribution in [0.4, 0.5) is 0 Å². The van der Waals surface area contributed by atoms with Crippen molar-refractivity contribution in [2.45, 2.75) is 12.6 Å². The van der Waals surface area contributed by atoms with Crippen molar-refractivity contribution in [3.8, 4) is 0 Å². The first kappa shape index (κ1) is 11.1. The minimum Gasteiger partial charge on any atom is -0.365 e. The molecule has 68 valence electrons. The molecule has 0 saturated carbocycles. The van der Waals surface area contributed by atoms with Crippen molar-refractivity contribution >= 4 is 0 Å². The SMILES string of the molecule is OC(O)C=CC=CC=CC(O)O. The first-order valence-corrected chi connectivity index (χ1v) is 3.37. The monoisotopic (exact) mass is 172 g/mol. The second-order valence-corrected chi connectivity index (χ2v) is 1.98. The summed E-state index contributed by atoms with van der Waals surface area (Å²) in [5.41, 5.74) is 0. The minimum absolute atomic E-state index is 1.17. The predicted octanol–water partition coefficient (Wildman–Crippen LogP) is -0.724. The van der Waals surface area contributed by atoms with Gasteiger partial charge in [-0.25, -0.2) is 0 Å². The molecule has 0 aliphatic heterocycles. The lowest BCUT2D eigenvalue weighted by Gasteiger charge is -1.89. The lowest BCUT2D eigenvalue weighted by molar-refractivity contribution is 0.00163. The van der Waals surface area contributed by atoms with Gasteiger partial charge in [-0.2, -0.15) is 0 Å². The molecule has 0 aromatic rings. The third kappa shape index (κ3) is 9.06. The first-order chi connectivity index (χ1) is 5.63. The van der Waals surface area contributed by atoms with Gasteiger partial charge in [-0.15, -0.1) is 0 Å². The molecule has 0 bridgehead atoms. The van der Waals surface area contributed by atoms with Gasteiger partial charge in [0.1, 0.15) is 0 Å². The van der Waals surface area contributed by atoms with Crippen molar-refractivity contribution in [2.75, 3.05) is 0 Å². The molecule has 0 spiro atoms. The van der Waals surface area contributed by atoms with E-state index in [0.29, 0.717) is 0 Å². The Hall–Kier alpha value is -0.940. The summed E-state index contributed by atoms with van der Waals surface area (Å²) in [7, 11) is 0. The van der Waals surface area contributed by atoms with E-state index in [9.17, 15) is 0 Å². The average Bonchev–Trinajstić information content (AvgIpc) is 1.95. The molecule has 0 aliphatic carbocycles. The summed E-state index contributed by atoms with van der Waals surface area (Å²) in [6.07, 6.45) is 5.33. The molecule has 0 aliphatic rings. The van der Waals surface area contributed by atoms with Crippen molar-refractivity contribution in [3.63, 3.8) is 0 Å². The van der Waals surface area contributed by atoms with Crippen LogP contribution in [0.25, 0.3) is 0 Å². The van der Waals surface area contributed by atoms with Crippen molar-refractivity contribution in [1.29, 1.82) is 0 Å². The van der Waals surface area contributed by atoms with Crippen molar-refractivity contribution in [3.05, 3.63) is 36.5 Å². The average molecular weight is 172 g/mol. The lowest BCUT2D eigenvalue weighted by atomic mass is 10.4. The van der Waals surface area contributed by atoms with Crippen LogP contribution in [0.3, 0.4) is 0 Å². The van der Waals surface area contributed by atoms with Gasteiger partial charge in [-0.3, -0.25) is 0 Å². The number of hydrogen-bond donors (Lipinski definition) is 4. The Balaban J connectivity index is 3.63. The number of aliphatic hydroxyl groups excluding tert-OH is 2. The molecule has 0 unspecified atom stereocenters. The van der Waals surface area contributed by atoms with Gasteiger partial charge in [-0.1, -0.05) is 24.3 Å². The third-order valence-corrected chi connectivity index (χ3v) is 0.900. The highest BCUT2D eigenvalue weighted by atomic mass is 16.5. The summed E-state index contributed by atoms with van der Waals surface area (Å²) in [6.45, 7) is 0. The molecule has 0 radical (unpaired) electrons. The molecule has 4 nitrogen and oxygen atoms in total. The van der Waals surface area contributed by atoms with E-state index < -0.39 is 12.6 Å². The van der Waals surface area contributed by atoms with Gasteiger partial charge in [0.05, 0.1) is 0 Å². The number of hydrogen-bond acceptors (Lipinski definition) is 4. The Morgan fingerprint density at radius 3 is 1.17 bits per heavy atom. The van der Waals surface area contributed by atoms with E-state index >= 15 is 0 Å². The Bertz CT molecular complexity index is 159. The van der Waals surface area contributed by atoms with Crippen LogP contribution in [0, 0.1) is 0 Å². The molecule has 0 rings (SSSR count). The van der Waals surface area contributed by atoms with Crippen molar-refractivity contribution in [2.24, 2.45) is 0 Å². The molecule has 0 amide bonds. The number of aliphatic hydroxyl groups is 4. The Morgan fingerprint density at radius 1 is 0.583 bits per heavy atom. The zero-order valence-corrected chi connectivity index (χ0v) is 6.41. The first-order valence-electron chi connectivity index (χ1n) is 3.37. The van der Waals surface area contributed by atoms with Crippen LogP contribution in [0.1, 0.15) is 0 Å². The standard InChI is InChI=1S/C8H12O4/c9-7(10)5-3-1-2-4-6-8(11)12/h1-12H. The van der Waals surface area contributed by atoms with Gasteiger partial charge < -0.3 is 20.4 Å². The molecule has 0 heterocycles. The van der Waals surface area contributed by atoms with E-state index in [1.54, 1.807) is 0 Å². The van der Waals surface area contributed by atoms with Crippen LogP contribution in [-0.2, 0) is 0 Å². The highest BCUT2D eigenvalue weighted by Gasteiger charge is 1.83. The third-order valence-electron chi connectivity index (χ3n) is 0.900. The van der Waals surface area contributed by atoms with Gasteiger partial charge in [0.25, 0.3) is 0 Å². The fraction of sp³-hybridized carbons (Fsp3) is 0.250. The molecule has 0 aromatic heterocycles. The molecule has 0 aromatic carbocycles. The largest absolute Gasteiger partial charge is 0.365 e. The van der Waals surface area contributed by atoms with Crippen LogP contribution in [0.5, 0.6) is 0 Å². The zero-order valence-electron chi connectivity index (χ0n) is 6.41. The van der Waals surface area contributed by atoms with E-state index in [1.807, 2.05) is 0 Å².